The summed E-state index contributed by atoms with van der Waals surface area (Å²) in [5.74, 6) is -1.42. The zero-order valence-electron chi connectivity index (χ0n) is 16.6. The van der Waals surface area contributed by atoms with E-state index in [0.29, 0.717) is 0 Å². The maximum Gasteiger partial charge on any atom is 0.0745 e. The molecule has 0 N–H and O–H groups in total. The van der Waals surface area contributed by atoms with E-state index >= 15 is 0 Å². The maximum absolute atomic E-state index is 10.4. The number of carboxylic acid groups (broad SMARTS) is 1. The Kier molecular flexibility index (Phi) is 21.5. The van der Waals surface area contributed by atoms with Gasteiger partial charge in [0.25, 0.3) is 0 Å². The molecule has 0 saturated carbocycles. The van der Waals surface area contributed by atoms with Gasteiger partial charge in [0.1, 0.15) is 0 Å². The zero-order valence-corrected chi connectivity index (χ0v) is 22.2. The van der Waals surface area contributed by atoms with Crippen LogP contribution in [0.4, 0.5) is 0 Å². The molecule has 0 aliphatic heterocycles. The van der Waals surface area contributed by atoms with Gasteiger partial charge < -0.3 is 22.3 Å². The molecule has 0 fully saturated rings. The summed E-state index contributed by atoms with van der Waals surface area (Å²) < 4.78 is 0. The van der Waals surface area contributed by atoms with Gasteiger partial charge in [0, 0.05) is 35.0 Å². The molecule has 0 bridgehead atoms. The van der Waals surface area contributed by atoms with E-state index in [4.69, 9.17) is 34.8 Å². The minimum absolute atomic E-state index is 0. The molecule has 6 radical (unpaired) electrons. The van der Waals surface area contributed by atoms with Crippen LogP contribution in [0.15, 0.2) is 103 Å². The largest absolute Gasteiger partial charge is 1.00 e. The summed E-state index contributed by atoms with van der Waals surface area (Å²) in [5, 5.41) is 10.7. The van der Waals surface area contributed by atoms with Gasteiger partial charge in [-0.1, -0.05) is 126 Å². The van der Waals surface area contributed by atoms with Gasteiger partial charge in [-0.05, 0) is 30.3 Å². The standard InChI is InChI=1S/C7H3Cl3O2.3C6H5.ClH.Sb/c8-3-1-4(9)6(7(11)12)5(10)2-3;3*1-2-4-6-5-3-1;;/h1-2H,(H,11,12);3*1-5H;1H;/p-2. The number of carbonyl (C=O) groups is 1. The fourth-order valence-electron chi connectivity index (χ4n) is 1.76. The van der Waals surface area contributed by atoms with E-state index in [1.165, 1.54) is 12.1 Å². The summed E-state index contributed by atoms with van der Waals surface area (Å²) in [6, 6.07) is 40.1. The monoisotopic (exact) mass is 610 g/mol. The molecule has 0 atom stereocenters. The van der Waals surface area contributed by atoms with Crippen LogP contribution in [0, 0.1) is 18.2 Å². The first-order valence-electron chi connectivity index (χ1n) is 8.61. The van der Waals surface area contributed by atoms with Gasteiger partial charge in [-0.3, -0.25) is 0 Å². The molecule has 0 aliphatic carbocycles. The minimum atomic E-state index is -1.42. The minimum Gasteiger partial charge on any atom is -1.00 e. The fraction of sp³-hybridized carbons (Fsp3) is 0. The Labute approximate surface area is 228 Å². The van der Waals surface area contributed by atoms with Crippen molar-refractivity contribution in [1.82, 2.24) is 0 Å². The molecule has 7 heteroatoms. The van der Waals surface area contributed by atoms with Gasteiger partial charge in [0.15, 0.2) is 0 Å². The molecule has 164 valence electrons. The van der Waals surface area contributed by atoms with E-state index in [1.54, 1.807) is 0 Å². The van der Waals surface area contributed by atoms with E-state index in [2.05, 4.69) is 18.2 Å². The normalized spacial score (nSPS) is 8.22. The number of aromatic carboxylic acids is 1. The fourth-order valence-corrected chi connectivity index (χ4v) is 2.73. The van der Waals surface area contributed by atoms with Crippen LogP contribution >= 0.6 is 34.8 Å². The summed E-state index contributed by atoms with van der Waals surface area (Å²) in [5.41, 5.74) is -0.234. The molecule has 0 aromatic heterocycles. The van der Waals surface area contributed by atoms with E-state index in [9.17, 15) is 9.90 Å². The van der Waals surface area contributed by atoms with Crippen LogP contribution < -0.4 is 17.5 Å². The molecule has 32 heavy (non-hydrogen) atoms. The molecule has 0 heterocycles. The van der Waals surface area contributed by atoms with E-state index in [-0.39, 0.29) is 57.5 Å². The van der Waals surface area contributed by atoms with Crippen molar-refractivity contribution in [3.63, 3.8) is 0 Å². The van der Waals surface area contributed by atoms with Gasteiger partial charge in [0.2, 0.25) is 0 Å². The first-order valence-corrected chi connectivity index (χ1v) is 9.75. The first-order chi connectivity index (χ1) is 14.5. The topological polar surface area (TPSA) is 40.1 Å². The summed E-state index contributed by atoms with van der Waals surface area (Å²) in [6.45, 7) is 0. The Hall–Kier alpha value is -1.67. The van der Waals surface area contributed by atoms with Crippen LogP contribution in [0.5, 0.6) is 0 Å². The Bertz CT molecular complexity index is 779. The predicted octanol–water partition coefficient (Wildman–Crippen LogP) is 3.09. The summed E-state index contributed by atoms with van der Waals surface area (Å²) in [7, 11) is 0. The van der Waals surface area contributed by atoms with Crippen molar-refractivity contribution in [3.8, 4) is 0 Å². The van der Waals surface area contributed by atoms with Crippen molar-refractivity contribution in [1.29, 1.82) is 0 Å². The number of hydrogen-bond donors (Lipinski definition) is 0. The molecular formula is C25H17Cl4O2Sb-2. The number of halogens is 4. The molecule has 0 spiro atoms. The second kappa shape index (κ2) is 21.2. The second-order valence-corrected chi connectivity index (χ2v) is 6.51. The van der Waals surface area contributed by atoms with Crippen molar-refractivity contribution >= 4 is 65.2 Å². The average Bonchev–Trinajstić information content (AvgIpc) is 2.78. The molecule has 0 saturated heterocycles. The van der Waals surface area contributed by atoms with Gasteiger partial charge in [-0.25, -0.2) is 0 Å². The van der Waals surface area contributed by atoms with Gasteiger partial charge >= 0.3 is 0 Å². The number of rotatable bonds is 1. The van der Waals surface area contributed by atoms with Crippen LogP contribution in [-0.2, 0) is 0 Å². The van der Waals surface area contributed by atoms with Crippen LogP contribution in [0.2, 0.25) is 15.1 Å². The summed E-state index contributed by atoms with van der Waals surface area (Å²) >= 11 is 16.6. The van der Waals surface area contributed by atoms with Crippen molar-refractivity contribution in [2.45, 2.75) is 0 Å². The van der Waals surface area contributed by atoms with Gasteiger partial charge in [-0.15, -0.1) is 0 Å². The maximum atomic E-state index is 10.4. The predicted molar refractivity (Wildman–Crippen MR) is 127 cm³/mol. The summed E-state index contributed by atoms with van der Waals surface area (Å²) in [4.78, 5) is 10.4. The molecule has 0 amide bonds. The summed E-state index contributed by atoms with van der Waals surface area (Å²) in [6.07, 6.45) is 0. The quantitative estimate of drug-likeness (QED) is 0.310. The number of carboxylic acids is 1. The van der Waals surface area contributed by atoms with Crippen molar-refractivity contribution < 1.29 is 22.3 Å². The smallest absolute Gasteiger partial charge is 0.0745 e. The van der Waals surface area contributed by atoms with Crippen molar-refractivity contribution in [2.75, 3.05) is 0 Å². The molecule has 0 unspecified atom stereocenters. The van der Waals surface area contributed by atoms with Crippen molar-refractivity contribution in [2.24, 2.45) is 0 Å². The van der Waals surface area contributed by atoms with E-state index in [1.807, 2.05) is 91.0 Å². The molecular weight excluding hydrogens is 596 g/mol. The molecule has 0 aliphatic rings. The third-order valence-corrected chi connectivity index (χ3v) is 3.85. The Morgan fingerprint density at radius 3 is 1.06 bits per heavy atom. The number of hydrogen-bond acceptors (Lipinski definition) is 2. The third-order valence-electron chi connectivity index (χ3n) is 3.03. The number of carbonyl (C=O) groups excluding carboxylic acids is 1. The Morgan fingerprint density at radius 1 is 0.625 bits per heavy atom. The van der Waals surface area contributed by atoms with Crippen LogP contribution in [0.1, 0.15) is 10.4 Å². The second-order valence-electron chi connectivity index (χ2n) is 5.26. The Morgan fingerprint density at radius 2 is 0.906 bits per heavy atom. The molecule has 4 aromatic carbocycles. The average molecular weight is 613 g/mol. The first kappa shape index (κ1) is 32.5. The van der Waals surface area contributed by atoms with Crippen LogP contribution in [0.25, 0.3) is 0 Å². The Balaban J connectivity index is 0. The van der Waals surface area contributed by atoms with Gasteiger partial charge in [0.05, 0.1) is 16.0 Å². The zero-order chi connectivity index (χ0) is 22.0. The molecule has 4 rings (SSSR count). The van der Waals surface area contributed by atoms with Crippen LogP contribution in [-0.4, -0.2) is 30.4 Å². The third kappa shape index (κ3) is 16.0. The van der Waals surface area contributed by atoms with E-state index < -0.39 is 5.97 Å². The molecule has 2 nitrogen and oxygen atoms in total. The van der Waals surface area contributed by atoms with Crippen molar-refractivity contribution in [3.05, 3.63) is 142 Å². The van der Waals surface area contributed by atoms with Gasteiger partial charge in [-0.2, -0.15) is 0 Å². The molecule has 4 aromatic rings. The van der Waals surface area contributed by atoms with Crippen LogP contribution in [0.3, 0.4) is 0 Å². The van der Waals surface area contributed by atoms with E-state index in [0.717, 1.165) is 0 Å². The number of benzene rings is 4. The SMILES string of the molecule is O=C([O-])c1c(Cl)cc(Cl)cc1Cl.[Cl-].[Sb].[c]1ccccc1.[c]1ccccc1.[c]1ccccc1.